The Hall–Kier alpha value is -8.59. The van der Waals surface area contributed by atoms with E-state index in [1.807, 2.05) is 53.9 Å². The van der Waals surface area contributed by atoms with E-state index in [1.54, 1.807) is 153 Å². The SMILES string of the molecule is C.CC(C)(C)OC(=O)CN1CCN(CC(=O)OC(C)(C)C)CCN(C(N)C(=O)O)CCN(CC(=O)OC(C)(C)C)CC1.CC(C)(C)OC(=O)CN1CCN(CC(=O)OC(C)(C)C)CCN(C(N)C(=O)O)CCN(CC(=O)OC(C)(C)C)CC1.Cc1ccc2oc(=O)n(Cc3ccc(OCC(=O)NCCOCCOCCOCCOCCC(=O)NN)c(O)c3)c2c1. The van der Waals surface area contributed by atoms with Gasteiger partial charge in [-0.25, -0.2) is 20.2 Å². The number of nitrogens with zero attached hydrogens (tertiary/aromatic N) is 9. The number of amides is 2. The van der Waals surface area contributed by atoms with Gasteiger partial charge in [0.2, 0.25) is 5.91 Å². The monoisotopic (exact) mass is 1780 g/mol. The number of nitrogens with two attached hydrogens (primary N) is 3. The first-order chi connectivity index (χ1) is 57.6. The fraction of sp³-hybridized carbons (Fsp3) is 0.729. The number of aromatic nitrogens is 1. The molecule has 0 spiro atoms. The van der Waals surface area contributed by atoms with Crippen LogP contribution in [0.5, 0.6) is 11.5 Å². The molecule has 0 aliphatic carbocycles. The molecule has 0 bridgehead atoms. The first-order valence-corrected chi connectivity index (χ1v) is 41.9. The minimum Gasteiger partial charge on any atom is -0.504 e. The molecule has 125 heavy (non-hydrogen) atoms. The van der Waals surface area contributed by atoms with E-state index in [1.165, 1.54) is 10.6 Å². The molecule has 3 heterocycles. The zero-order valence-electron chi connectivity index (χ0n) is 76.6. The van der Waals surface area contributed by atoms with E-state index in [0.717, 1.165) is 5.56 Å². The number of hydrazine groups is 1. The number of hydrogen-bond donors (Lipinski definition) is 8. The highest BCUT2D eigenvalue weighted by molar-refractivity contribution is 5.78. The van der Waals surface area contributed by atoms with E-state index < -0.39 is 87.5 Å². The van der Waals surface area contributed by atoms with E-state index >= 15 is 0 Å². The van der Waals surface area contributed by atoms with Crippen molar-refractivity contribution in [2.24, 2.45) is 17.3 Å². The molecule has 11 N–H and O–H groups in total. The normalized spacial score (nSPS) is 16.2. The van der Waals surface area contributed by atoms with Crippen LogP contribution in [0.2, 0.25) is 0 Å². The second-order valence-electron chi connectivity index (χ2n) is 35.9. The van der Waals surface area contributed by atoms with Crippen LogP contribution in [0.3, 0.4) is 0 Å². The first-order valence-electron chi connectivity index (χ1n) is 41.9. The molecule has 0 radical (unpaired) electrons. The average Bonchev–Trinajstić information content (AvgIpc) is 1.65. The van der Waals surface area contributed by atoms with Crippen LogP contribution in [0.1, 0.15) is 150 Å². The van der Waals surface area contributed by atoms with Gasteiger partial charge in [-0.2, -0.15) is 0 Å². The highest BCUT2D eigenvalue weighted by atomic mass is 16.6. The van der Waals surface area contributed by atoms with Crippen LogP contribution in [-0.4, -0.2) is 375 Å². The van der Waals surface area contributed by atoms with Gasteiger partial charge in [-0.1, -0.05) is 19.6 Å². The van der Waals surface area contributed by atoms with Gasteiger partial charge in [0, 0.05) is 111 Å². The lowest BCUT2D eigenvalue weighted by molar-refractivity contribution is -0.158. The number of carboxylic acid groups (broad SMARTS) is 2. The Balaban J connectivity index is 0.000000633. The molecule has 2 atom stereocenters. The minimum absolute atomic E-state index is 0. The molecular formula is C85H148N14O26. The summed E-state index contributed by atoms with van der Waals surface area (Å²) in [5.41, 5.74) is 13.0. The number of ether oxygens (including phenoxy) is 11. The van der Waals surface area contributed by atoms with Gasteiger partial charge in [-0.3, -0.25) is 87.5 Å². The summed E-state index contributed by atoms with van der Waals surface area (Å²) in [4.78, 5) is 149. The molecule has 0 saturated carbocycles. The number of nitrogens with one attached hydrogen (secondary N) is 2. The second kappa shape index (κ2) is 55.2. The number of rotatable bonds is 36. The van der Waals surface area contributed by atoms with Crippen LogP contribution >= 0.6 is 0 Å². The predicted molar refractivity (Wildman–Crippen MR) is 466 cm³/mol. The molecule has 2 saturated heterocycles. The Labute approximate surface area is 736 Å². The summed E-state index contributed by atoms with van der Waals surface area (Å²) in [6, 6.07) is 10.2. The molecule has 2 fully saturated rings. The summed E-state index contributed by atoms with van der Waals surface area (Å²) in [6.07, 6.45) is -2.31. The lowest BCUT2D eigenvalue weighted by atomic mass is 10.2. The number of esters is 6. The largest absolute Gasteiger partial charge is 0.504 e. The van der Waals surface area contributed by atoms with E-state index in [0.29, 0.717) is 141 Å². The van der Waals surface area contributed by atoms with Gasteiger partial charge < -0.3 is 88.6 Å². The van der Waals surface area contributed by atoms with E-state index in [-0.39, 0.29) is 141 Å². The Morgan fingerprint density at radius 3 is 1.03 bits per heavy atom. The third-order valence-corrected chi connectivity index (χ3v) is 17.5. The van der Waals surface area contributed by atoms with Gasteiger partial charge in [-0.05, 0) is 167 Å². The van der Waals surface area contributed by atoms with Gasteiger partial charge in [0.1, 0.15) is 33.6 Å². The smallest absolute Gasteiger partial charge is 0.420 e. The molecule has 1 aromatic heterocycles. The number of carbonyl (C=O) groups is 10. The molecule has 40 heteroatoms. The van der Waals surface area contributed by atoms with Gasteiger partial charge in [0.05, 0.1) is 111 Å². The molecule has 40 nitrogen and oxygen atoms in total. The van der Waals surface area contributed by atoms with Crippen LogP contribution in [0, 0.1) is 6.92 Å². The fourth-order valence-corrected chi connectivity index (χ4v) is 12.0. The Kier molecular flexibility index (Phi) is 49.7. The second-order valence-corrected chi connectivity index (χ2v) is 35.9. The van der Waals surface area contributed by atoms with Crippen molar-refractivity contribution < 1.29 is 120 Å². The van der Waals surface area contributed by atoms with Crippen molar-refractivity contribution in [3.8, 4) is 11.5 Å². The highest BCUT2D eigenvalue weighted by Gasteiger charge is 2.32. The van der Waals surface area contributed by atoms with Gasteiger partial charge in [0.25, 0.3) is 5.91 Å². The summed E-state index contributed by atoms with van der Waals surface area (Å²) in [7, 11) is 0. The topological polar surface area (TPSA) is 496 Å². The number of aliphatic carboxylic acids is 2. The quantitative estimate of drug-likeness (QED) is 0.0103. The molecule has 2 aromatic carbocycles. The summed E-state index contributed by atoms with van der Waals surface area (Å²) in [6.45, 7) is 43.2. The van der Waals surface area contributed by atoms with Crippen molar-refractivity contribution in [3.63, 3.8) is 0 Å². The summed E-state index contributed by atoms with van der Waals surface area (Å²) in [5.74, 6) is -0.859. The van der Waals surface area contributed by atoms with Crippen LogP contribution in [0.4, 0.5) is 0 Å². The average molecular weight is 1780 g/mol. The lowest BCUT2D eigenvalue weighted by Gasteiger charge is -2.35. The van der Waals surface area contributed by atoms with Gasteiger partial charge in [0.15, 0.2) is 36.0 Å². The number of aromatic hydroxyl groups is 1. The third kappa shape index (κ3) is 52.3. The number of phenols is 1. The number of aryl methyl sites for hydroxylation is 1. The van der Waals surface area contributed by atoms with Crippen molar-refractivity contribution >= 4 is 70.7 Å². The zero-order valence-corrected chi connectivity index (χ0v) is 76.6. The van der Waals surface area contributed by atoms with Crippen molar-refractivity contribution in [1.29, 1.82) is 0 Å². The van der Waals surface area contributed by atoms with Crippen molar-refractivity contribution in [2.45, 2.75) is 198 Å². The number of phenolic OH excluding ortho intramolecular Hbond substituents is 1. The summed E-state index contributed by atoms with van der Waals surface area (Å²) >= 11 is 0. The highest BCUT2D eigenvalue weighted by Crippen LogP contribution is 2.28. The van der Waals surface area contributed by atoms with E-state index in [4.69, 9.17) is 73.8 Å². The Morgan fingerprint density at radius 1 is 0.432 bits per heavy atom. The summed E-state index contributed by atoms with van der Waals surface area (Å²) < 4.78 is 66.7. The molecule has 5 rings (SSSR count). The third-order valence-electron chi connectivity index (χ3n) is 17.5. The molecule has 2 aliphatic heterocycles. The number of carbonyl (C=O) groups excluding carboxylic acids is 8. The van der Waals surface area contributed by atoms with Crippen LogP contribution < -0.4 is 38.5 Å². The van der Waals surface area contributed by atoms with Crippen molar-refractivity contribution in [2.75, 3.05) is 210 Å². The van der Waals surface area contributed by atoms with Crippen molar-refractivity contribution in [3.05, 3.63) is 58.1 Å². The maximum atomic E-state index is 12.7. The van der Waals surface area contributed by atoms with E-state index in [9.17, 15) is 68.1 Å². The molecule has 3 aromatic rings. The maximum absolute atomic E-state index is 12.7. The Morgan fingerprint density at radius 2 is 0.736 bits per heavy atom. The van der Waals surface area contributed by atoms with Gasteiger partial charge in [-0.15, -0.1) is 0 Å². The number of benzene rings is 2. The molecule has 2 unspecified atom stereocenters. The molecular weight excluding hydrogens is 1630 g/mol. The van der Waals surface area contributed by atoms with E-state index in [2.05, 4.69) is 5.32 Å². The molecule has 714 valence electrons. The molecule has 2 amide bonds. The van der Waals surface area contributed by atoms with Crippen LogP contribution in [0.25, 0.3) is 11.1 Å². The Bertz CT molecular complexity index is 3630. The van der Waals surface area contributed by atoms with Crippen LogP contribution in [-0.2, 0) is 102 Å². The minimum atomic E-state index is -1.26. The standard InChI is InChI=1S/2C28H53N5O8.C28H38N4O10.CH4/c2*1-26(2,3)39-21(34)18-30-10-12-31(19-22(35)40-27(4,5)6)14-16-33(24(29)25(37)38)17-15-32(13-11-30)20-23(36)41-28(7,8)9;1-20-2-4-24-22(16-20)32(28(36)42-24)18-21-3-5-25(23(33)17-21)41-19-27(35)30-7-9-38-11-13-40-15-14-39-12-10-37-8-6-26(34)31-29;/h2*24H,10-20,29H2,1-9H3,(H,37,38);2-5,16-17,33H,6-15,18-19,29H2,1H3,(H,30,35)(H,31,34);1H4. The maximum Gasteiger partial charge on any atom is 0.420 e. The van der Waals surface area contributed by atoms with Crippen molar-refractivity contribution in [1.82, 2.24) is 54.5 Å². The number of oxazole rings is 1. The predicted octanol–water partition coefficient (Wildman–Crippen LogP) is 2.44. The number of fused-ring (bicyclic) bond motifs is 1. The summed E-state index contributed by atoms with van der Waals surface area (Å²) in [5, 5.41) is 32.2. The lowest BCUT2D eigenvalue weighted by Crippen LogP contribution is -2.54. The zero-order chi connectivity index (χ0) is 93.3. The number of carboxylic acids is 2. The van der Waals surface area contributed by atoms with Gasteiger partial charge >= 0.3 is 53.5 Å². The number of hydrogen-bond acceptors (Lipinski definition) is 35. The first kappa shape index (κ1) is 112. The fourth-order valence-electron chi connectivity index (χ4n) is 12.0. The molecule has 2 aliphatic rings. The van der Waals surface area contributed by atoms with Crippen LogP contribution in [0.15, 0.2) is 45.6 Å².